The average molecular weight is 253 g/mol. The smallest absolute Gasteiger partial charge is 0.220 e. The van der Waals surface area contributed by atoms with Crippen molar-refractivity contribution in [3.8, 4) is 0 Å². The number of aliphatic hydroxyl groups is 1. The number of hydrogen-bond donors (Lipinski definition) is 2. The minimum atomic E-state index is -0.410. The van der Waals surface area contributed by atoms with Gasteiger partial charge in [-0.2, -0.15) is 0 Å². The molecule has 1 unspecified atom stereocenters. The minimum Gasteiger partial charge on any atom is -0.394 e. The van der Waals surface area contributed by atoms with Gasteiger partial charge in [0.1, 0.15) is 0 Å². The van der Waals surface area contributed by atoms with Crippen LogP contribution in [0.3, 0.4) is 0 Å². The highest BCUT2D eigenvalue weighted by atomic mass is 32.1. The number of nitrogens with one attached hydrogen (secondary N) is 1. The van der Waals surface area contributed by atoms with E-state index >= 15 is 0 Å². The Morgan fingerprint density at radius 2 is 2.41 bits per heavy atom. The fraction of sp³-hybridized carbons (Fsp3) is 0.615. The van der Waals surface area contributed by atoms with Crippen LogP contribution in [0, 0.1) is 5.92 Å². The van der Waals surface area contributed by atoms with E-state index in [1.54, 1.807) is 11.3 Å². The number of aliphatic hydroxyl groups excluding tert-OH is 1. The lowest BCUT2D eigenvalue weighted by atomic mass is 9.96. The highest BCUT2D eigenvalue weighted by Crippen LogP contribution is 2.39. The van der Waals surface area contributed by atoms with Crippen LogP contribution in [0.2, 0.25) is 0 Å². The third-order valence-electron chi connectivity index (χ3n) is 3.41. The molecule has 2 rings (SSSR count). The Morgan fingerprint density at radius 1 is 1.65 bits per heavy atom. The van der Waals surface area contributed by atoms with Crippen molar-refractivity contribution in [1.82, 2.24) is 5.32 Å². The van der Waals surface area contributed by atoms with Crippen LogP contribution in [0.5, 0.6) is 0 Å². The molecule has 1 amide bonds. The van der Waals surface area contributed by atoms with E-state index in [1.165, 1.54) is 4.88 Å². The Kier molecular flexibility index (Phi) is 3.84. The first-order valence-electron chi connectivity index (χ1n) is 6.08. The van der Waals surface area contributed by atoms with E-state index in [2.05, 4.69) is 5.32 Å². The van der Waals surface area contributed by atoms with E-state index in [1.807, 2.05) is 24.4 Å². The molecule has 3 nitrogen and oxygen atoms in total. The SMILES string of the molecule is CC(CO)(NC(=O)CCc1cccs1)C1CC1. The first-order chi connectivity index (χ1) is 8.14. The molecule has 0 radical (unpaired) electrons. The molecule has 1 atom stereocenters. The molecule has 0 spiro atoms. The summed E-state index contributed by atoms with van der Waals surface area (Å²) in [4.78, 5) is 13.1. The molecule has 1 saturated carbocycles. The zero-order valence-electron chi connectivity index (χ0n) is 10.1. The number of carbonyl (C=O) groups is 1. The lowest BCUT2D eigenvalue weighted by molar-refractivity contribution is -0.123. The van der Waals surface area contributed by atoms with Gasteiger partial charge in [0.25, 0.3) is 0 Å². The second-order valence-electron chi connectivity index (χ2n) is 4.98. The molecule has 0 aliphatic heterocycles. The van der Waals surface area contributed by atoms with Crippen molar-refractivity contribution in [2.75, 3.05) is 6.61 Å². The van der Waals surface area contributed by atoms with E-state index < -0.39 is 5.54 Å². The van der Waals surface area contributed by atoms with Gasteiger partial charge in [-0.15, -0.1) is 11.3 Å². The lowest BCUT2D eigenvalue weighted by Gasteiger charge is -2.28. The maximum atomic E-state index is 11.8. The minimum absolute atomic E-state index is 0.0302. The van der Waals surface area contributed by atoms with Gasteiger partial charge in [-0.05, 0) is 43.6 Å². The highest BCUT2D eigenvalue weighted by molar-refractivity contribution is 7.09. The van der Waals surface area contributed by atoms with Crippen molar-refractivity contribution in [1.29, 1.82) is 0 Å². The van der Waals surface area contributed by atoms with Gasteiger partial charge in [-0.25, -0.2) is 0 Å². The van der Waals surface area contributed by atoms with Crippen LogP contribution in [-0.4, -0.2) is 23.2 Å². The predicted molar refractivity (Wildman–Crippen MR) is 69.0 cm³/mol. The first-order valence-corrected chi connectivity index (χ1v) is 6.96. The second kappa shape index (κ2) is 5.19. The monoisotopic (exact) mass is 253 g/mol. The summed E-state index contributed by atoms with van der Waals surface area (Å²) in [6.07, 6.45) is 3.52. The third kappa shape index (κ3) is 3.30. The van der Waals surface area contributed by atoms with Crippen LogP contribution in [0.15, 0.2) is 17.5 Å². The number of rotatable bonds is 6. The van der Waals surface area contributed by atoms with Crippen LogP contribution in [0.25, 0.3) is 0 Å². The zero-order chi connectivity index (χ0) is 12.3. The summed E-state index contributed by atoms with van der Waals surface area (Å²) in [5.74, 6) is 0.500. The summed E-state index contributed by atoms with van der Waals surface area (Å²) in [5.41, 5.74) is -0.410. The molecule has 4 heteroatoms. The number of carbonyl (C=O) groups excluding carboxylic acids is 1. The molecule has 1 aliphatic carbocycles. The fourth-order valence-electron chi connectivity index (χ4n) is 2.06. The maximum Gasteiger partial charge on any atom is 0.220 e. The quantitative estimate of drug-likeness (QED) is 0.814. The van der Waals surface area contributed by atoms with Gasteiger partial charge in [0.15, 0.2) is 0 Å². The summed E-state index contributed by atoms with van der Waals surface area (Å²) >= 11 is 1.68. The summed E-state index contributed by atoms with van der Waals surface area (Å²) in [5, 5.41) is 14.4. The Hall–Kier alpha value is -0.870. The van der Waals surface area contributed by atoms with E-state index in [9.17, 15) is 9.90 Å². The highest BCUT2D eigenvalue weighted by Gasteiger charge is 2.41. The van der Waals surface area contributed by atoms with Crippen LogP contribution < -0.4 is 5.32 Å². The van der Waals surface area contributed by atoms with Crippen LogP contribution in [0.1, 0.15) is 31.1 Å². The normalized spacial score (nSPS) is 18.7. The average Bonchev–Trinajstić information content (AvgIpc) is 3.05. The molecule has 1 heterocycles. The fourth-order valence-corrected chi connectivity index (χ4v) is 2.77. The van der Waals surface area contributed by atoms with Crippen molar-refractivity contribution >= 4 is 17.2 Å². The van der Waals surface area contributed by atoms with Crippen molar-refractivity contribution in [3.63, 3.8) is 0 Å². The van der Waals surface area contributed by atoms with Crippen molar-refractivity contribution in [2.24, 2.45) is 5.92 Å². The molecule has 1 aromatic rings. The number of aryl methyl sites for hydroxylation is 1. The van der Waals surface area contributed by atoms with E-state index in [-0.39, 0.29) is 12.5 Å². The van der Waals surface area contributed by atoms with Gasteiger partial charge >= 0.3 is 0 Å². The molecule has 17 heavy (non-hydrogen) atoms. The Labute approximate surface area is 106 Å². The van der Waals surface area contributed by atoms with Crippen molar-refractivity contribution in [3.05, 3.63) is 22.4 Å². The largest absolute Gasteiger partial charge is 0.394 e. The van der Waals surface area contributed by atoms with E-state index in [0.717, 1.165) is 19.3 Å². The van der Waals surface area contributed by atoms with E-state index in [0.29, 0.717) is 12.3 Å². The van der Waals surface area contributed by atoms with Gasteiger partial charge in [0.05, 0.1) is 12.1 Å². The van der Waals surface area contributed by atoms with Gasteiger partial charge in [0, 0.05) is 11.3 Å². The van der Waals surface area contributed by atoms with Gasteiger partial charge in [0.2, 0.25) is 5.91 Å². The van der Waals surface area contributed by atoms with Gasteiger partial charge < -0.3 is 10.4 Å². The summed E-state index contributed by atoms with van der Waals surface area (Å²) in [6.45, 7) is 1.97. The topological polar surface area (TPSA) is 49.3 Å². The van der Waals surface area contributed by atoms with Crippen LogP contribution in [0.4, 0.5) is 0 Å². The van der Waals surface area contributed by atoms with Crippen LogP contribution >= 0.6 is 11.3 Å². The number of hydrogen-bond acceptors (Lipinski definition) is 3. The molecule has 94 valence electrons. The Morgan fingerprint density at radius 3 is 2.94 bits per heavy atom. The van der Waals surface area contributed by atoms with Crippen molar-refractivity contribution < 1.29 is 9.90 Å². The second-order valence-corrected chi connectivity index (χ2v) is 6.01. The van der Waals surface area contributed by atoms with E-state index in [4.69, 9.17) is 0 Å². The molecule has 0 saturated heterocycles. The Bertz CT molecular complexity index is 373. The molecule has 1 aromatic heterocycles. The molecular formula is C13H19NO2S. The van der Waals surface area contributed by atoms with Gasteiger partial charge in [-0.1, -0.05) is 6.07 Å². The summed E-state index contributed by atoms with van der Waals surface area (Å²) < 4.78 is 0. The molecule has 0 aromatic carbocycles. The molecule has 1 fully saturated rings. The number of thiophene rings is 1. The van der Waals surface area contributed by atoms with Crippen molar-refractivity contribution in [2.45, 2.75) is 38.1 Å². The third-order valence-corrected chi connectivity index (χ3v) is 4.35. The molecule has 1 aliphatic rings. The predicted octanol–water partition coefficient (Wildman–Crippen LogP) is 1.96. The summed E-state index contributed by atoms with van der Waals surface area (Å²) in [7, 11) is 0. The lowest BCUT2D eigenvalue weighted by Crippen LogP contribution is -2.50. The maximum absolute atomic E-state index is 11.8. The number of amides is 1. The van der Waals surface area contributed by atoms with Crippen LogP contribution in [-0.2, 0) is 11.2 Å². The molecular weight excluding hydrogens is 234 g/mol. The molecule has 0 bridgehead atoms. The molecule has 2 N–H and O–H groups in total. The Balaban J connectivity index is 1.80. The van der Waals surface area contributed by atoms with Gasteiger partial charge in [-0.3, -0.25) is 4.79 Å². The standard InChI is InChI=1S/C13H19NO2S/c1-13(9-15,10-4-5-10)14-12(16)7-6-11-3-2-8-17-11/h2-3,8,10,15H,4-7,9H2,1H3,(H,14,16). The zero-order valence-corrected chi connectivity index (χ0v) is 10.9. The summed E-state index contributed by atoms with van der Waals surface area (Å²) in [6, 6.07) is 4.05. The first kappa shape index (κ1) is 12.6.